The standard InChI is InChI=1S/C24H19N5O8S4/c1-35-28-17(11-7-40-24(25)26-11)20(31)27-18-21(32)29-19(23(33)34)9(6-39-22(18)29)5-38-16-3-12(30)10-2-13-14(37-8-36-13)4-15(10)41-16/h2-4,7,18,22H,5-6,8H2,1H3,(H2,25,26)(H,27,31)(H,33,34)/t18-,22+/m1/s1. The number of anilines is 1. The fraction of sp³-hybridized carbons (Fsp3) is 0.250. The van der Waals surface area contributed by atoms with Gasteiger partial charge in [-0.1, -0.05) is 5.16 Å². The minimum atomic E-state index is -1.25. The van der Waals surface area contributed by atoms with Crippen LogP contribution >= 0.6 is 46.2 Å². The summed E-state index contributed by atoms with van der Waals surface area (Å²) in [7, 11) is 1.27. The van der Waals surface area contributed by atoms with E-state index in [0.717, 1.165) is 16.0 Å². The van der Waals surface area contributed by atoms with Crippen molar-refractivity contribution in [3.8, 4) is 11.5 Å². The molecule has 2 atom stereocenters. The number of β-lactam (4-membered cyclic amide) rings is 1. The molecule has 0 radical (unpaired) electrons. The number of nitrogen functional groups attached to an aromatic ring is 1. The molecule has 1 saturated heterocycles. The van der Waals surface area contributed by atoms with Crippen LogP contribution in [-0.4, -0.2) is 75.3 Å². The summed E-state index contributed by atoms with van der Waals surface area (Å²) in [5, 5.41) is 18.0. The lowest BCUT2D eigenvalue weighted by atomic mass is 10.0. The number of carbonyl (C=O) groups excluding carboxylic acids is 2. The molecule has 0 spiro atoms. The minimum Gasteiger partial charge on any atom is -0.477 e. The third-order valence-electron chi connectivity index (χ3n) is 6.29. The Balaban J connectivity index is 1.19. The van der Waals surface area contributed by atoms with Crippen molar-refractivity contribution in [3.05, 3.63) is 50.8 Å². The summed E-state index contributed by atoms with van der Waals surface area (Å²) in [4.78, 5) is 61.1. The van der Waals surface area contributed by atoms with Crippen LogP contribution in [0.5, 0.6) is 11.5 Å². The van der Waals surface area contributed by atoms with Crippen LogP contribution in [0.25, 0.3) is 10.1 Å². The van der Waals surface area contributed by atoms with Gasteiger partial charge in [0, 0.05) is 39.1 Å². The molecule has 1 fully saturated rings. The van der Waals surface area contributed by atoms with E-state index in [0.29, 0.717) is 32.4 Å². The number of oxime groups is 1. The third kappa shape index (κ3) is 4.98. The molecule has 2 aromatic heterocycles. The van der Waals surface area contributed by atoms with Crippen LogP contribution in [-0.2, 0) is 19.2 Å². The van der Waals surface area contributed by atoms with Crippen molar-refractivity contribution in [1.82, 2.24) is 15.2 Å². The molecule has 4 N–H and O–H groups in total. The first-order valence-electron chi connectivity index (χ1n) is 11.8. The van der Waals surface area contributed by atoms with E-state index in [-0.39, 0.29) is 40.2 Å². The molecule has 3 aliphatic rings. The molecular weight excluding hydrogens is 615 g/mol. The van der Waals surface area contributed by atoms with Gasteiger partial charge >= 0.3 is 5.97 Å². The number of hydrogen-bond donors (Lipinski definition) is 3. The molecular formula is C24H19N5O8S4. The van der Waals surface area contributed by atoms with Crippen LogP contribution in [0.3, 0.4) is 0 Å². The fourth-order valence-corrected chi connectivity index (χ4v) is 8.72. The van der Waals surface area contributed by atoms with Crippen LogP contribution in [0, 0.1) is 0 Å². The zero-order valence-electron chi connectivity index (χ0n) is 20.9. The summed E-state index contributed by atoms with van der Waals surface area (Å²) in [6.07, 6.45) is 0. The minimum absolute atomic E-state index is 0.0967. The Labute approximate surface area is 247 Å². The molecule has 13 nitrogen and oxygen atoms in total. The van der Waals surface area contributed by atoms with Gasteiger partial charge in [-0.05, 0) is 11.6 Å². The summed E-state index contributed by atoms with van der Waals surface area (Å²) >= 11 is 5.16. The van der Waals surface area contributed by atoms with E-state index in [1.54, 1.807) is 12.1 Å². The third-order valence-corrected chi connectivity index (χ3v) is 10.7. The van der Waals surface area contributed by atoms with Crippen LogP contribution in [0.2, 0.25) is 0 Å². The van der Waals surface area contributed by atoms with E-state index in [4.69, 9.17) is 20.0 Å². The van der Waals surface area contributed by atoms with Crippen LogP contribution in [0.1, 0.15) is 5.69 Å². The Kier molecular flexibility index (Phi) is 7.27. The van der Waals surface area contributed by atoms with Gasteiger partial charge in [-0.15, -0.1) is 46.2 Å². The SMILES string of the molecule is CON=C(C(=O)N[C@@H]1C(=O)N2C(C(=O)O)=C(CSc3cc(=O)c4cc5c(cc4s3)OCO5)CS[C@@H]12)c1csc(N)n1. The molecule has 0 aliphatic carbocycles. The number of carbonyl (C=O) groups is 3. The Morgan fingerprint density at radius 1 is 1.29 bits per heavy atom. The number of rotatable bonds is 8. The number of hydrogen-bond acceptors (Lipinski definition) is 14. The van der Waals surface area contributed by atoms with E-state index in [1.807, 2.05) is 0 Å². The van der Waals surface area contributed by atoms with Crippen molar-refractivity contribution in [2.75, 3.05) is 31.1 Å². The van der Waals surface area contributed by atoms with Crippen molar-refractivity contribution < 1.29 is 33.8 Å². The molecule has 3 aliphatic heterocycles. The largest absolute Gasteiger partial charge is 0.477 e. The molecule has 3 aromatic rings. The number of fused-ring (bicyclic) bond motifs is 3. The maximum Gasteiger partial charge on any atom is 0.352 e. The van der Waals surface area contributed by atoms with Crippen LogP contribution < -0.4 is 26.0 Å². The van der Waals surface area contributed by atoms with Crippen molar-refractivity contribution >= 4 is 84.9 Å². The Morgan fingerprint density at radius 3 is 2.78 bits per heavy atom. The Hall–Kier alpha value is -3.80. The van der Waals surface area contributed by atoms with E-state index >= 15 is 0 Å². The van der Waals surface area contributed by atoms with E-state index in [1.165, 1.54) is 58.3 Å². The summed E-state index contributed by atoms with van der Waals surface area (Å²) in [6.45, 7) is 0.0967. The van der Waals surface area contributed by atoms with Gasteiger partial charge < -0.3 is 30.5 Å². The summed E-state index contributed by atoms with van der Waals surface area (Å²) in [5.41, 5.74) is 5.93. The van der Waals surface area contributed by atoms with Crippen molar-refractivity contribution in [2.45, 2.75) is 15.6 Å². The average Bonchev–Trinajstić information content (AvgIpc) is 3.60. The molecule has 2 amide bonds. The van der Waals surface area contributed by atoms with Crippen molar-refractivity contribution in [3.63, 3.8) is 0 Å². The van der Waals surface area contributed by atoms with Gasteiger partial charge in [0.2, 0.25) is 6.79 Å². The van der Waals surface area contributed by atoms with E-state index in [9.17, 15) is 24.3 Å². The van der Waals surface area contributed by atoms with Gasteiger partial charge in [0.05, 0.1) is 4.21 Å². The zero-order valence-corrected chi connectivity index (χ0v) is 24.2. The first-order valence-corrected chi connectivity index (χ1v) is 15.5. The second-order valence-corrected chi connectivity index (χ2v) is 13.1. The highest BCUT2D eigenvalue weighted by Gasteiger charge is 2.54. The van der Waals surface area contributed by atoms with Gasteiger partial charge in [0.15, 0.2) is 27.8 Å². The number of amides is 2. The number of nitrogens with two attached hydrogens (primary N) is 1. The summed E-state index contributed by atoms with van der Waals surface area (Å²) < 4.78 is 12.2. The molecule has 6 rings (SSSR count). The topological polar surface area (TPSA) is 183 Å². The maximum absolute atomic E-state index is 13.1. The number of ether oxygens (including phenoxy) is 2. The average molecular weight is 634 g/mol. The predicted molar refractivity (Wildman–Crippen MR) is 155 cm³/mol. The molecule has 5 heterocycles. The molecule has 41 heavy (non-hydrogen) atoms. The first-order chi connectivity index (χ1) is 19.7. The number of nitrogens with zero attached hydrogens (tertiary/aromatic N) is 3. The lowest BCUT2D eigenvalue weighted by Gasteiger charge is -2.49. The van der Waals surface area contributed by atoms with Crippen molar-refractivity contribution in [2.24, 2.45) is 5.16 Å². The molecule has 0 unspecified atom stereocenters. The monoisotopic (exact) mass is 633 g/mol. The summed E-state index contributed by atoms with van der Waals surface area (Å²) in [6, 6.07) is 3.97. The van der Waals surface area contributed by atoms with Crippen LogP contribution in [0.4, 0.5) is 5.13 Å². The number of benzene rings is 1. The van der Waals surface area contributed by atoms with Gasteiger partial charge in [0.1, 0.15) is 29.9 Å². The smallest absolute Gasteiger partial charge is 0.352 e. The van der Waals surface area contributed by atoms with Crippen molar-refractivity contribution in [1.29, 1.82) is 0 Å². The Morgan fingerprint density at radius 2 is 2.07 bits per heavy atom. The quantitative estimate of drug-likeness (QED) is 0.142. The lowest BCUT2D eigenvalue weighted by Crippen LogP contribution is -2.71. The molecule has 212 valence electrons. The van der Waals surface area contributed by atoms with Gasteiger partial charge in [-0.25, -0.2) is 9.78 Å². The molecule has 0 bridgehead atoms. The highest BCUT2D eigenvalue weighted by molar-refractivity contribution is 8.02. The molecule has 1 aromatic carbocycles. The second kappa shape index (κ2) is 10.9. The highest BCUT2D eigenvalue weighted by Crippen LogP contribution is 2.43. The summed E-state index contributed by atoms with van der Waals surface area (Å²) in [5.74, 6) is -0.847. The first kappa shape index (κ1) is 27.4. The number of nitrogens with one attached hydrogen (secondary N) is 1. The number of carboxylic acids is 1. The molecule has 0 saturated carbocycles. The zero-order chi connectivity index (χ0) is 28.8. The van der Waals surface area contributed by atoms with Gasteiger partial charge in [-0.2, -0.15) is 0 Å². The van der Waals surface area contributed by atoms with Gasteiger partial charge in [-0.3, -0.25) is 19.3 Å². The number of aromatic nitrogens is 1. The maximum atomic E-state index is 13.1. The van der Waals surface area contributed by atoms with Gasteiger partial charge in [0.25, 0.3) is 11.8 Å². The highest BCUT2D eigenvalue weighted by atomic mass is 32.2. The number of thioether (sulfide) groups is 2. The van der Waals surface area contributed by atoms with E-state index < -0.39 is 29.2 Å². The predicted octanol–water partition coefficient (Wildman–Crippen LogP) is 1.91. The lowest BCUT2D eigenvalue weighted by molar-refractivity contribution is -0.150. The number of aliphatic carboxylic acids is 1. The number of carboxylic acid groups (broad SMARTS) is 1. The fourth-order valence-electron chi connectivity index (χ4n) is 4.45. The Bertz CT molecular complexity index is 1730. The number of thiazole rings is 1. The van der Waals surface area contributed by atoms with Crippen LogP contribution in [0.15, 0.2) is 49.0 Å². The second-order valence-electron chi connectivity index (χ2n) is 8.73. The van der Waals surface area contributed by atoms with E-state index in [2.05, 4.69) is 15.5 Å². The normalized spacial score (nSPS) is 19.7. The molecule has 17 heteroatoms.